The summed E-state index contributed by atoms with van der Waals surface area (Å²) in [6.45, 7) is 2.10. The van der Waals surface area contributed by atoms with Gasteiger partial charge in [0.2, 0.25) is 0 Å². The van der Waals surface area contributed by atoms with Crippen molar-refractivity contribution in [3.05, 3.63) is 35.4 Å². The van der Waals surface area contributed by atoms with E-state index in [-0.39, 0.29) is 0 Å². The van der Waals surface area contributed by atoms with Gasteiger partial charge in [-0.3, -0.25) is 0 Å². The molecular weight excluding hydrogens is 216 g/mol. The van der Waals surface area contributed by atoms with Crippen molar-refractivity contribution in [2.75, 3.05) is 0 Å². The Morgan fingerprint density at radius 1 is 1.25 bits per heavy atom. The molecule has 0 aromatic heterocycles. The molecule has 16 heavy (non-hydrogen) atoms. The van der Waals surface area contributed by atoms with Crippen LogP contribution < -0.4 is 0 Å². The van der Waals surface area contributed by atoms with Gasteiger partial charge in [0.15, 0.2) is 0 Å². The first kappa shape index (κ1) is 10.7. The third-order valence-electron chi connectivity index (χ3n) is 3.88. The van der Waals surface area contributed by atoms with Crippen LogP contribution in [-0.2, 0) is 5.60 Å². The fourth-order valence-electron chi connectivity index (χ4n) is 3.09. The number of aryl methyl sites for hydroxylation is 1. The van der Waals surface area contributed by atoms with Gasteiger partial charge in [-0.2, -0.15) is 11.8 Å². The van der Waals surface area contributed by atoms with Crippen molar-refractivity contribution in [2.45, 2.75) is 48.7 Å². The monoisotopic (exact) mass is 234 g/mol. The Hall–Kier alpha value is -0.470. The summed E-state index contributed by atoms with van der Waals surface area (Å²) >= 11 is 2.09. The van der Waals surface area contributed by atoms with Crippen LogP contribution in [0.3, 0.4) is 0 Å². The minimum atomic E-state index is -0.552. The summed E-state index contributed by atoms with van der Waals surface area (Å²) in [5, 5.41) is 12.2. The van der Waals surface area contributed by atoms with Crippen molar-refractivity contribution in [1.29, 1.82) is 0 Å². The highest BCUT2D eigenvalue weighted by Crippen LogP contribution is 2.51. The molecule has 2 heteroatoms. The molecule has 0 saturated carbocycles. The molecule has 1 N–H and O–H groups in total. The molecule has 2 saturated heterocycles. The first-order chi connectivity index (χ1) is 7.66. The summed E-state index contributed by atoms with van der Waals surface area (Å²) in [4.78, 5) is 0. The fourth-order valence-corrected chi connectivity index (χ4v) is 4.92. The molecule has 1 aromatic rings. The molecule has 86 valence electrons. The van der Waals surface area contributed by atoms with Crippen LogP contribution in [0, 0.1) is 6.92 Å². The zero-order valence-electron chi connectivity index (χ0n) is 9.65. The van der Waals surface area contributed by atoms with E-state index in [4.69, 9.17) is 0 Å². The van der Waals surface area contributed by atoms with Crippen LogP contribution >= 0.6 is 11.8 Å². The van der Waals surface area contributed by atoms with Crippen LogP contribution in [0.15, 0.2) is 24.3 Å². The summed E-state index contributed by atoms with van der Waals surface area (Å²) in [6.07, 6.45) is 4.47. The second-order valence-corrected chi connectivity index (χ2v) is 6.87. The Balaban J connectivity index is 1.93. The molecule has 2 bridgehead atoms. The van der Waals surface area contributed by atoms with Crippen LogP contribution in [0.5, 0.6) is 0 Å². The third-order valence-corrected chi connectivity index (χ3v) is 5.46. The zero-order chi connectivity index (χ0) is 11.2. The van der Waals surface area contributed by atoms with Crippen LogP contribution in [-0.4, -0.2) is 15.6 Å². The Labute approximate surface area is 101 Å². The van der Waals surface area contributed by atoms with Crippen molar-refractivity contribution in [3.8, 4) is 0 Å². The van der Waals surface area contributed by atoms with Crippen molar-refractivity contribution in [3.63, 3.8) is 0 Å². The highest BCUT2D eigenvalue weighted by Gasteiger charge is 2.44. The van der Waals surface area contributed by atoms with Gasteiger partial charge >= 0.3 is 0 Å². The lowest BCUT2D eigenvalue weighted by atomic mass is 9.85. The Bertz CT molecular complexity index is 389. The predicted molar refractivity (Wildman–Crippen MR) is 68.7 cm³/mol. The van der Waals surface area contributed by atoms with Gasteiger partial charge in [0.05, 0.1) is 5.60 Å². The van der Waals surface area contributed by atoms with Crippen LogP contribution in [0.2, 0.25) is 0 Å². The second kappa shape index (κ2) is 3.78. The Morgan fingerprint density at radius 3 is 2.56 bits per heavy atom. The highest BCUT2D eigenvalue weighted by molar-refractivity contribution is 8.00. The summed E-state index contributed by atoms with van der Waals surface area (Å²) < 4.78 is 0. The molecule has 0 spiro atoms. The molecule has 2 aliphatic heterocycles. The summed E-state index contributed by atoms with van der Waals surface area (Å²) in [7, 11) is 0. The normalized spacial score (nSPS) is 37.6. The molecule has 2 heterocycles. The van der Waals surface area contributed by atoms with Crippen LogP contribution in [0.4, 0.5) is 0 Å². The van der Waals surface area contributed by atoms with E-state index in [1.807, 2.05) is 0 Å². The van der Waals surface area contributed by atoms with Gasteiger partial charge in [0.1, 0.15) is 0 Å². The largest absolute Gasteiger partial charge is 0.385 e. The van der Waals surface area contributed by atoms with Gasteiger partial charge in [-0.1, -0.05) is 29.8 Å². The standard InChI is InChI=1S/C14H18OS/c1-10-3-2-4-11(7-10)14(15)8-12-5-6-13(9-14)16-12/h2-4,7,12-13,15H,5-6,8-9H2,1H3. The molecule has 0 aliphatic carbocycles. The Morgan fingerprint density at radius 2 is 1.94 bits per heavy atom. The smallest absolute Gasteiger partial charge is 0.0917 e. The molecular formula is C14H18OS. The Kier molecular flexibility index (Phi) is 2.52. The maximum Gasteiger partial charge on any atom is 0.0917 e. The van der Waals surface area contributed by atoms with Crippen LogP contribution in [0.25, 0.3) is 0 Å². The minimum Gasteiger partial charge on any atom is -0.385 e. The van der Waals surface area contributed by atoms with E-state index in [1.165, 1.54) is 18.4 Å². The van der Waals surface area contributed by atoms with Gasteiger partial charge in [-0.05, 0) is 38.2 Å². The number of rotatable bonds is 1. The van der Waals surface area contributed by atoms with Gasteiger partial charge in [0.25, 0.3) is 0 Å². The minimum absolute atomic E-state index is 0.552. The molecule has 2 unspecified atom stereocenters. The van der Waals surface area contributed by atoms with E-state index in [2.05, 4.69) is 43.0 Å². The van der Waals surface area contributed by atoms with Gasteiger partial charge in [0, 0.05) is 10.5 Å². The maximum atomic E-state index is 10.8. The quantitative estimate of drug-likeness (QED) is 0.805. The molecule has 1 nitrogen and oxygen atoms in total. The lowest BCUT2D eigenvalue weighted by molar-refractivity contribution is 0.0196. The van der Waals surface area contributed by atoms with Crippen molar-refractivity contribution >= 4 is 11.8 Å². The molecule has 0 radical (unpaired) electrons. The lowest BCUT2D eigenvalue weighted by Crippen LogP contribution is -2.34. The van der Waals surface area contributed by atoms with Gasteiger partial charge in [-0.25, -0.2) is 0 Å². The number of aliphatic hydroxyl groups is 1. The summed E-state index contributed by atoms with van der Waals surface area (Å²) in [6, 6.07) is 8.39. The fraction of sp³-hybridized carbons (Fsp3) is 0.571. The van der Waals surface area contributed by atoms with E-state index in [1.54, 1.807) is 0 Å². The predicted octanol–water partition coefficient (Wildman–Crippen LogP) is 3.24. The maximum absolute atomic E-state index is 10.8. The first-order valence-electron chi connectivity index (χ1n) is 6.11. The van der Waals surface area contributed by atoms with E-state index >= 15 is 0 Å². The second-order valence-electron chi connectivity index (χ2n) is 5.27. The van der Waals surface area contributed by atoms with Crippen molar-refractivity contribution in [1.82, 2.24) is 0 Å². The van der Waals surface area contributed by atoms with E-state index in [0.717, 1.165) is 18.4 Å². The summed E-state index contributed by atoms with van der Waals surface area (Å²) in [5.41, 5.74) is 1.82. The van der Waals surface area contributed by atoms with Crippen LogP contribution in [0.1, 0.15) is 36.8 Å². The lowest BCUT2D eigenvalue weighted by Gasteiger charge is -2.36. The molecule has 2 fully saturated rings. The van der Waals surface area contributed by atoms with E-state index < -0.39 is 5.60 Å². The molecule has 0 amide bonds. The average molecular weight is 234 g/mol. The molecule has 3 rings (SSSR count). The number of fused-ring (bicyclic) bond motifs is 2. The first-order valence-corrected chi connectivity index (χ1v) is 7.05. The highest BCUT2D eigenvalue weighted by atomic mass is 32.2. The number of thioether (sulfide) groups is 1. The molecule has 2 atom stereocenters. The molecule has 1 aromatic carbocycles. The van der Waals surface area contributed by atoms with Gasteiger partial charge in [-0.15, -0.1) is 0 Å². The summed E-state index contributed by atoms with van der Waals surface area (Å²) in [5.74, 6) is 0. The topological polar surface area (TPSA) is 20.2 Å². The average Bonchev–Trinajstić information content (AvgIpc) is 2.59. The van der Waals surface area contributed by atoms with Gasteiger partial charge < -0.3 is 5.11 Å². The van der Waals surface area contributed by atoms with E-state index in [0.29, 0.717) is 10.5 Å². The SMILES string of the molecule is Cc1cccc(C2(O)CC3CCC(C2)S3)c1. The van der Waals surface area contributed by atoms with Crippen molar-refractivity contribution in [2.24, 2.45) is 0 Å². The number of hydrogen-bond donors (Lipinski definition) is 1. The molecule has 2 aliphatic rings. The van der Waals surface area contributed by atoms with E-state index in [9.17, 15) is 5.11 Å². The zero-order valence-corrected chi connectivity index (χ0v) is 10.5. The third kappa shape index (κ3) is 1.78. The number of benzene rings is 1. The number of hydrogen-bond acceptors (Lipinski definition) is 2. The van der Waals surface area contributed by atoms with Crippen molar-refractivity contribution < 1.29 is 5.11 Å².